The molecule has 0 spiro atoms. The number of nitrogens with one attached hydrogen (secondary N) is 1. The third-order valence-corrected chi connectivity index (χ3v) is 5.15. The first-order valence-electron chi connectivity index (χ1n) is 7.98. The fraction of sp³-hybridized carbons (Fsp3) is 0.800. The van der Waals surface area contributed by atoms with Crippen molar-refractivity contribution in [1.29, 1.82) is 0 Å². The van der Waals surface area contributed by atoms with Crippen molar-refractivity contribution in [2.75, 3.05) is 0 Å². The van der Waals surface area contributed by atoms with E-state index >= 15 is 0 Å². The van der Waals surface area contributed by atoms with E-state index in [-0.39, 0.29) is 24.5 Å². The molecule has 3 rings (SSSR count). The predicted octanol–water partition coefficient (Wildman–Crippen LogP) is 1.24. The molecule has 2 aliphatic carbocycles. The van der Waals surface area contributed by atoms with Gasteiger partial charge in [-0.25, -0.2) is 4.68 Å². The van der Waals surface area contributed by atoms with Crippen LogP contribution in [0.5, 0.6) is 0 Å². The molecule has 2 fully saturated rings. The van der Waals surface area contributed by atoms with Gasteiger partial charge in [-0.05, 0) is 50.9 Å². The fourth-order valence-electron chi connectivity index (χ4n) is 4.06. The Kier molecular flexibility index (Phi) is 3.97. The van der Waals surface area contributed by atoms with Gasteiger partial charge >= 0.3 is 0 Å². The number of hydrogen-bond donors (Lipinski definition) is 2. The highest BCUT2D eigenvalue weighted by Crippen LogP contribution is 2.49. The maximum absolute atomic E-state index is 12.1. The molecule has 0 aliphatic heterocycles. The van der Waals surface area contributed by atoms with Gasteiger partial charge in [0.2, 0.25) is 5.91 Å². The first-order chi connectivity index (χ1) is 10.0. The van der Waals surface area contributed by atoms with Gasteiger partial charge < -0.3 is 11.1 Å². The van der Waals surface area contributed by atoms with Gasteiger partial charge in [0.25, 0.3) is 0 Å². The predicted molar refractivity (Wildman–Crippen MR) is 79.2 cm³/mol. The lowest BCUT2D eigenvalue weighted by molar-refractivity contribution is -0.123. The Hall–Kier alpha value is -1.43. The molecule has 1 heterocycles. The highest BCUT2D eigenvalue weighted by atomic mass is 16.2. The summed E-state index contributed by atoms with van der Waals surface area (Å²) in [5.41, 5.74) is 6.45. The van der Waals surface area contributed by atoms with Crippen LogP contribution in [0.3, 0.4) is 0 Å². The Labute approximate surface area is 125 Å². The Balaban J connectivity index is 1.51. The molecule has 0 radical (unpaired) electrons. The van der Waals surface area contributed by atoms with Crippen molar-refractivity contribution in [3.63, 3.8) is 0 Å². The van der Waals surface area contributed by atoms with E-state index in [2.05, 4.69) is 22.6 Å². The van der Waals surface area contributed by atoms with Crippen LogP contribution < -0.4 is 11.1 Å². The van der Waals surface area contributed by atoms with Gasteiger partial charge in [-0.1, -0.05) is 11.6 Å². The quantitative estimate of drug-likeness (QED) is 0.854. The summed E-state index contributed by atoms with van der Waals surface area (Å²) in [6.45, 7) is 4.20. The molecule has 3 N–H and O–H groups in total. The molecule has 1 aromatic rings. The van der Waals surface area contributed by atoms with E-state index < -0.39 is 0 Å². The summed E-state index contributed by atoms with van der Waals surface area (Å²) in [4.78, 5) is 12.1. The van der Waals surface area contributed by atoms with Crippen LogP contribution in [0.2, 0.25) is 0 Å². The van der Waals surface area contributed by atoms with Crippen LogP contribution in [0.1, 0.15) is 51.3 Å². The van der Waals surface area contributed by atoms with E-state index in [9.17, 15) is 4.79 Å². The van der Waals surface area contributed by atoms with E-state index in [1.807, 2.05) is 6.92 Å². The van der Waals surface area contributed by atoms with Crippen LogP contribution in [-0.4, -0.2) is 26.9 Å². The van der Waals surface area contributed by atoms with Gasteiger partial charge in [0.15, 0.2) is 0 Å². The normalized spacial score (nSPS) is 30.3. The van der Waals surface area contributed by atoms with Crippen molar-refractivity contribution < 1.29 is 4.79 Å². The van der Waals surface area contributed by atoms with Crippen LogP contribution in [0.25, 0.3) is 0 Å². The summed E-state index contributed by atoms with van der Waals surface area (Å²) in [7, 11) is 0. The number of fused-ring (bicyclic) bond motifs is 2. The van der Waals surface area contributed by atoms with Crippen molar-refractivity contribution in [2.24, 2.45) is 23.5 Å². The topological polar surface area (TPSA) is 85.8 Å². The molecule has 5 atom stereocenters. The maximum atomic E-state index is 12.1. The van der Waals surface area contributed by atoms with Crippen molar-refractivity contribution in [3.05, 3.63) is 11.9 Å². The lowest BCUT2D eigenvalue weighted by Gasteiger charge is -2.28. The number of hydrogen-bond acceptors (Lipinski definition) is 4. The number of aromatic nitrogens is 3. The van der Waals surface area contributed by atoms with E-state index in [4.69, 9.17) is 5.73 Å². The molecule has 0 aromatic carbocycles. The summed E-state index contributed by atoms with van der Waals surface area (Å²) >= 11 is 0. The van der Waals surface area contributed by atoms with Crippen LogP contribution in [0, 0.1) is 17.8 Å². The van der Waals surface area contributed by atoms with Crippen LogP contribution in [0.4, 0.5) is 0 Å². The number of nitrogens with zero attached hydrogens (tertiary/aromatic N) is 3. The van der Waals surface area contributed by atoms with Crippen LogP contribution in [0.15, 0.2) is 6.20 Å². The molecule has 1 amide bonds. The lowest BCUT2D eigenvalue weighted by atomic mass is 9.84. The molecule has 2 bridgehead atoms. The highest BCUT2D eigenvalue weighted by Gasteiger charge is 2.42. The smallest absolute Gasteiger partial charge is 0.242 e. The number of amides is 1. The van der Waals surface area contributed by atoms with Gasteiger partial charge in [0, 0.05) is 12.1 Å². The molecule has 1 aromatic heterocycles. The molecule has 6 nitrogen and oxygen atoms in total. The summed E-state index contributed by atoms with van der Waals surface area (Å²) < 4.78 is 1.56. The van der Waals surface area contributed by atoms with Crippen molar-refractivity contribution in [1.82, 2.24) is 20.3 Å². The summed E-state index contributed by atoms with van der Waals surface area (Å²) in [6, 6.07) is 0.0963. The second-order valence-corrected chi connectivity index (χ2v) is 6.82. The number of rotatable bonds is 5. The fourth-order valence-corrected chi connectivity index (χ4v) is 4.06. The lowest BCUT2D eigenvalue weighted by Crippen LogP contribution is -2.41. The van der Waals surface area contributed by atoms with Gasteiger partial charge in [0.1, 0.15) is 6.54 Å². The van der Waals surface area contributed by atoms with E-state index in [1.165, 1.54) is 25.7 Å². The number of carbonyl (C=O) groups excluding carboxylic acids is 1. The zero-order chi connectivity index (χ0) is 15.0. The molecule has 0 saturated heterocycles. The SMILES string of the molecule is CC(N)c1cn(CC(=O)NC(C)C2CC3CCC2C3)nn1. The standard InChI is InChI=1S/C15H25N5O/c1-9(16)14-7-20(19-18-14)8-15(21)17-10(2)13-6-11-3-4-12(13)5-11/h7,9-13H,3-6,8,16H2,1-2H3,(H,17,21). The molecule has 5 unspecified atom stereocenters. The third kappa shape index (κ3) is 3.10. The minimum Gasteiger partial charge on any atom is -0.352 e. The Morgan fingerprint density at radius 2 is 2.29 bits per heavy atom. The van der Waals surface area contributed by atoms with E-state index in [1.54, 1.807) is 10.9 Å². The molecular weight excluding hydrogens is 266 g/mol. The summed E-state index contributed by atoms with van der Waals surface area (Å²) in [6.07, 6.45) is 7.12. The minimum absolute atomic E-state index is 0.00592. The number of nitrogens with two attached hydrogens (primary N) is 1. The monoisotopic (exact) mass is 291 g/mol. The summed E-state index contributed by atoms with van der Waals surface area (Å²) in [5, 5.41) is 11.0. The molecule has 2 aliphatic rings. The second kappa shape index (κ2) is 5.75. The first-order valence-corrected chi connectivity index (χ1v) is 7.98. The molecular formula is C15H25N5O. The Morgan fingerprint density at radius 1 is 1.48 bits per heavy atom. The highest BCUT2D eigenvalue weighted by molar-refractivity contribution is 5.75. The first kappa shape index (κ1) is 14.5. The number of carbonyl (C=O) groups is 1. The van der Waals surface area contributed by atoms with Gasteiger partial charge in [0.05, 0.1) is 11.9 Å². The molecule has 116 valence electrons. The second-order valence-electron chi connectivity index (χ2n) is 6.82. The Morgan fingerprint density at radius 3 is 2.86 bits per heavy atom. The van der Waals surface area contributed by atoms with Gasteiger partial charge in [-0.3, -0.25) is 4.79 Å². The average Bonchev–Trinajstić information content (AvgIpc) is 3.13. The van der Waals surface area contributed by atoms with Gasteiger partial charge in [-0.15, -0.1) is 5.10 Å². The summed E-state index contributed by atoms with van der Waals surface area (Å²) in [5.74, 6) is 2.39. The maximum Gasteiger partial charge on any atom is 0.242 e. The Bertz CT molecular complexity index is 512. The third-order valence-electron chi connectivity index (χ3n) is 5.15. The minimum atomic E-state index is -0.158. The van der Waals surface area contributed by atoms with Crippen molar-refractivity contribution in [3.8, 4) is 0 Å². The van der Waals surface area contributed by atoms with Crippen LogP contribution in [-0.2, 0) is 11.3 Å². The molecule has 21 heavy (non-hydrogen) atoms. The van der Waals surface area contributed by atoms with Gasteiger partial charge in [-0.2, -0.15) is 0 Å². The zero-order valence-electron chi connectivity index (χ0n) is 12.8. The van der Waals surface area contributed by atoms with Crippen molar-refractivity contribution in [2.45, 2.75) is 58.2 Å². The zero-order valence-corrected chi connectivity index (χ0v) is 12.8. The van der Waals surface area contributed by atoms with E-state index in [0.29, 0.717) is 11.6 Å². The molecule has 2 saturated carbocycles. The largest absolute Gasteiger partial charge is 0.352 e. The van der Waals surface area contributed by atoms with Crippen LogP contribution >= 0.6 is 0 Å². The van der Waals surface area contributed by atoms with E-state index in [0.717, 1.165) is 11.8 Å². The average molecular weight is 291 g/mol. The van der Waals surface area contributed by atoms with Crippen molar-refractivity contribution >= 4 is 5.91 Å². The molecule has 6 heteroatoms.